The third kappa shape index (κ3) is 4.44. The fraction of sp³-hybridized carbons (Fsp3) is 1.00. The van der Waals surface area contributed by atoms with E-state index in [1.165, 1.54) is 44.9 Å². The van der Waals surface area contributed by atoms with Crippen LogP contribution in [0.25, 0.3) is 0 Å². The molecule has 2 saturated heterocycles. The topological polar surface area (TPSA) is 62.2 Å². The van der Waals surface area contributed by atoms with Gasteiger partial charge in [-0.25, -0.2) is 0 Å². The van der Waals surface area contributed by atoms with Crippen molar-refractivity contribution in [3.05, 3.63) is 0 Å². The first-order valence-corrected chi connectivity index (χ1v) is 11.0. The molecule has 2 N–H and O–H groups in total. The van der Waals surface area contributed by atoms with Gasteiger partial charge in [-0.3, -0.25) is 4.90 Å². The molecule has 0 aromatic heterocycles. The van der Waals surface area contributed by atoms with Crippen molar-refractivity contribution in [2.75, 3.05) is 39.5 Å². The maximum Gasteiger partial charge on any atom is 0.107 e. The summed E-state index contributed by atoms with van der Waals surface area (Å²) >= 11 is 0. The summed E-state index contributed by atoms with van der Waals surface area (Å²) in [5, 5.41) is 21.5. The number of hydrogen-bond acceptors (Lipinski definition) is 5. The zero-order valence-electron chi connectivity index (χ0n) is 16.1. The summed E-state index contributed by atoms with van der Waals surface area (Å²) in [6.07, 6.45) is 9.11. The minimum Gasteiger partial charge on any atom is -0.390 e. The fourth-order valence-electron chi connectivity index (χ4n) is 5.94. The summed E-state index contributed by atoms with van der Waals surface area (Å²) in [4.78, 5) is 2.32. The highest BCUT2D eigenvalue weighted by Crippen LogP contribution is 2.43. The SMILES string of the molecule is O[C@@H]1[C@@H](CN2CCOCC2)CO[C@H](C2CCC(CC3CCCC3)C2)[C@@H]1O. The lowest BCUT2D eigenvalue weighted by Gasteiger charge is -2.42. The third-order valence-electron chi connectivity index (χ3n) is 7.46. The molecule has 4 fully saturated rings. The largest absolute Gasteiger partial charge is 0.390 e. The van der Waals surface area contributed by atoms with Crippen molar-refractivity contribution < 1.29 is 19.7 Å². The van der Waals surface area contributed by atoms with Gasteiger partial charge >= 0.3 is 0 Å². The summed E-state index contributed by atoms with van der Waals surface area (Å²) in [6, 6.07) is 0. The average Bonchev–Trinajstić information content (AvgIpc) is 3.33. The molecule has 0 aromatic carbocycles. The highest BCUT2D eigenvalue weighted by atomic mass is 16.5. The van der Waals surface area contributed by atoms with Crippen LogP contribution in [0.4, 0.5) is 0 Å². The molecule has 4 aliphatic rings. The van der Waals surface area contributed by atoms with Crippen LogP contribution in [0, 0.1) is 23.7 Å². The van der Waals surface area contributed by atoms with Crippen molar-refractivity contribution in [1.29, 1.82) is 0 Å². The number of morpholine rings is 1. The van der Waals surface area contributed by atoms with E-state index < -0.39 is 12.2 Å². The highest BCUT2D eigenvalue weighted by Gasteiger charge is 2.44. The second-order valence-electron chi connectivity index (χ2n) is 9.28. The molecule has 2 aliphatic heterocycles. The Morgan fingerprint density at radius 1 is 0.885 bits per heavy atom. The maximum absolute atomic E-state index is 10.8. The Hall–Kier alpha value is -0.200. The Labute approximate surface area is 158 Å². The summed E-state index contributed by atoms with van der Waals surface area (Å²) in [7, 11) is 0. The molecule has 2 unspecified atom stereocenters. The van der Waals surface area contributed by atoms with Crippen LogP contribution in [-0.4, -0.2) is 72.9 Å². The molecular weight excluding hydrogens is 330 g/mol. The lowest BCUT2D eigenvalue weighted by Crippen LogP contribution is -2.55. The van der Waals surface area contributed by atoms with Crippen molar-refractivity contribution in [3.63, 3.8) is 0 Å². The summed E-state index contributed by atoms with van der Waals surface area (Å²) in [6.45, 7) is 4.72. The molecule has 2 aliphatic carbocycles. The van der Waals surface area contributed by atoms with E-state index in [-0.39, 0.29) is 12.0 Å². The van der Waals surface area contributed by atoms with Gasteiger partial charge in [0.05, 0.1) is 32.0 Å². The molecule has 5 nitrogen and oxygen atoms in total. The molecule has 150 valence electrons. The Bertz CT molecular complexity index is 436. The molecule has 0 amide bonds. The van der Waals surface area contributed by atoms with E-state index in [9.17, 15) is 10.2 Å². The van der Waals surface area contributed by atoms with E-state index in [4.69, 9.17) is 9.47 Å². The molecule has 4 rings (SSSR count). The first-order chi connectivity index (χ1) is 12.7. The number of nitrogens with zero attached hydrogens (tertiary/aromatic N) is 1. The van der Waals surface area contributed by atoms with Crippen molar-refractivity contribution >= 4 is 0 Å². The summed E-state index contributed by atoms with van der Waals surface area (Å²) in [5.74, 6) is 2.19. The van der Waals surface area contributed by atoms with Gasteiger partial charge in [-0.2, -0.15) is 0 Å². The van der Waals surface area contributed by atoms with Crippen LogP contribution in [0.3, 0.4) is 0 Å². The highest BCUT2D eigenvalue weighted by molar-refractivity contribution is 4.94. The van der Waals surface area contributed by atoms with Crippen LogP contribution in [0.1, 0.15) is 51.4 Å². The van der Waals surface area contributed by atoms with E-state index in [0.29, 0.717) is 12.5 Å². The minimum absolute atomic E-state index is 0.00930. The third-order valence-corrected chi connectivity index (χ3v) is 7.46. The van der Waals surface area contributed by atoms with Gasteiger partial charge in [0.15, 0.2) is 0 Å². The van der Waals surface area contributed by atoms with Gasteiger partial charge < -0.3 is 19.7 Å². The Morgan fingerprint density at radius 3 is 2.42 bits per heavy atom. The van der Waals surface area contributed by atoms with Crippen molar-refractivity contribution in [2.45, 2.75) is 69.7 Å². The molecule has 0 bridgehead atoms. The van der Waals surface area contributed by atoms with Crippen LogP contribution >= 0.6 is 0 Å². The Morgan fingerprint density at radius 2 is 1.65 bits per heavy atom. The number of ether oxygens (including phenoxy) is 2. The number of rotatable bonds is 5. The van der Waals surface area contributed by atoms with Gasteiger partial charge in [-0.1, -0.05) is 32.1 Å². The molecule has 26 heavy (non-hydrogen) atoms. The van der Waals surface area contributed by atoms with Gasteiger partial charge in [0.25, 0.3) is 0 Å². The van der Waals surface area contributed by atoms with Gasteiger partial charge in [0, 0.05) is 25.6 Å². The molecule has 2 heterocycles. The smallest absolute Gasteiger partial charge is 0.107 e. The molecule has 6 atom stereocenters. The van der Waals surface area contributed by atoms with Crippen LogP contribution in [0.5, 0.6) is 0 Å². The minimum atomic E-state index is -0.731. The zero-order chi connectivity index (χ0) is 17.9. The first kappa shape index (κ1) is 19.1. The normalized spacial score (nSPS) is 43.2. The molecule has 0 aromatic rings. The Kier molecular flexibility index (Phi) is 6.53. The van der Waals surface area contributed by atoms with Crippen LogP contribution in [-0.2, 0) is 9.47 Å². The Balaban J connectivity index is 1.26. The van der Waals surface area contributed by atoms with Crippen molar-refractivity contribution in [3.8, 4) is 0 Å². The van der Waals surface area contributed by atoms with Crippen LogP contribution in [0.2, 0.25) is 0 Å². The van der Waals surface area contributed by atoms with E-state index in [1.54, 1.807) is 0 Å². The lowest BCUT2D eigenvalue weighted by molar-refractivity contribution is -0.184. The summed E-state index contributed by atoms with van der Waals surface area (Å²) in [5.41, 5.74) is 0. The maximum atomic E-state index is 10.8. The predicted molar refractivity (Wildman–Crippen MR) is 99.9 cm³/mol. The van der Waals surface area contributed by atoms with E-state index in [2.05, 4.69) is 4.90 Å². The monoisotopic (exact) mass is 367 g/mol. The zero-order valence-corrected chi connectivity index (χ0v) is 16.1. The quantitative estimate of drug-likeness (QED) is 0.779. The number of aliphatic hydroxyl groups excluding tert-OH is 2. The molecule has 5 heteroatoms. The number of hydrogen-bond donors (Lipinski definition) is 2. The number of aliphatic hydroxyl groups is 2. The van der Waals surface area contributed by atoms with E-state index in [1.807, 2.05) is 0 Å². The standard InChI is InChI=1S/C21H37NO4/c23-19-18(13-22-7-9-25-10-8-22)14-26-21(20(19)24)17-6-5-16(12-17)11-15-3-1-2-4-15/h15-21,23-24H,1-14H2/t16?,17?,18-,19+,20+,21+/m0/s1. The van der Waals surface area contributed by atoms with Gasteiger partial charge in [0.2, 0.25) is 0 Å². The van der Waals surface area contributed by atoms with Crippen LogP contribution < -0.4 is 0 Å². The summed E-state index contributed by atoms with van der Waals surface area (Å²) < 4.78 is 11.5. The molecular formula is C21H37NO4. The predicted octanol–water partition coefficient (Wildman–Crippen LogP) is 2.05. The van der Waals surface area contributed by atoms with E-state index in [0.717, 1.165) is 51.1 Å². The second-order valence-corrected chi connectivity index (χ2v) is 9.28. The molecule has 0 spiro atoms. The van der Waals surface area contributed by atoms with Crippen molar-refractivity contribution in [1.82, 2.24) is 4.90 Å². The van der Waals surface area contributed by atoms with Gasteiger partial charge in [-0.15, -0.1) is 0 Å². The molecule has 2 saturated carbocycles. The lowest BCUT2D eigenvalue weighted by atomic mass is 9.84. The first-order valence-electron chi connectivity index (χ1n) is 11.0. The van der Waals surface area contributed by atoms with Gasteiger partial charge in [0.1, 0.15) is 6.10 Å². The van der Waals surface area contributed by atoms with E-state index >= 15 is 0 Å². The van der Waals surface area contributed by atoms with Gasteiger partial charge in [-0.05, 0) is 37.0 Å². The van der Waals surface area contributed by atoms with Crippen molar-refractivity contribution in [2.24, 2.45) is 23.7 Å². The molecule has 0 radical (unpaired) electrons. The second kappa shape index (κ2) is 8.87. The van der Waals surface area contributed by atoms with Crippen LogP contribution in [0.15, 0.2) is 0 Å². The average molecular weight is 368 g/mol. The fourth-order valence-corrected chi connectivity index (χ4v) is 5.94.